The SMILES string of the molecule is O=c1cc2c(nn1C1COCC1Nc1nc3ccccc3o1)CCC2. The summed E-state index contributed by atoms with van der Waals surface area (Å²) in [4.78, 5) is 16.9. The molecule has 0 spiro atoms. The molecular formula is C18H18N4O3. The van der Waals surface area contributed by atoms with E-state index >= 15 is 0 Å². The number of rotatable bonds is 3. The Balaban J connectivity index is 1.45. The highest BCUT2D eigenvalue weighted by Crippen LogP contribution is 2.25. The second-order valence-electron chi connectivity index (χ2n) is 6.60. The number of para-hydroxylation sites is 2. The molecule has 7 nitrogen and oxygen atoms in total. The molecule has 128 valence electrons. The predicted molar refractivity (Wildman–Crippen MR) is 91.8 cm³/mol. The van der Waals surface area contributed by atoms with Crippen LogP contribution in [0, 0.1) is 0 Å². The summed E-state index contributed by atoms with van der Waals surface area (Å²) in [5, 5.41) is 7.87. The number of fused-ring (bicyclic) bond motifs is 2. The Kier molecular flexibility index (Phi) is 3.34. The Bertz CT molecular complexity index is 960. The molecule has 25 heavy (non-hydrogen) atoms. The first-order valence-electron chi connectivity index (χ1n) is 8.59. The third kappa shape index (κ3) is 2.51. The summed E-state index contributed by atoms with van der Waals surface area (Å²) in [6.07, 6.45) is 2.95. The standard InChI is InChI=1S/C18H18N4O3/c23-17-8-11-4-3-6-12(11)21-22(17)15-10-24-9-14(15)20-18-19-13-5-1-2-7-16(13)25-18/h1-2,5,7-8,14-15H,3-4,6,9-10H2,(H,19,20). The summed E-state index contributed by atoms with van der Waals surface area (Å²) in [6, 6.07) is 9.49. The average molecular weight is 338 g/mol. The lowest BCUT2D eigenvalue weighted by molar-refractivity contribution is 0.182. The van der Waals surface area contributed by atoms with Crippen molar-refractivity contribution in [3.05, 3.63) is 51.9 Å². The number of nitrogens with one attached hydrogen (secondary N) is 1. The molecule has 2 aromatic heterocycles. The van der Waals surface area contributed by atoms with Gasteiger partial charge in [-0.3, -0.25) is 4.79 Å². The maximum atomic E-state index is 12.5. The van der Waals surface area contributed by atoms with E-state index in [1.54, 1.807) is 10.7 Å². The number of anilines is 1. The van der Waals surface area contributed by atoms with Crippen molar-refractivity contribution in [2.24, 2.45) is 0 Å². The van der Waals surface area contributed by atoms with Crippen molar-refractivity contribution in [1.82, 2.24) is 14.8 Å². The fourth-order valence-electron chi connectivity index (χ4n) is 3.67. The van der Waals surface area contributed by atoms with Crippen LogP contribution < -0.4 is 10.9 Å². The third-order valence-corrected chi connectivity index (χ3v) is 4.95. The largest absolute Gasteiger partial charge is 0.424 e. The normalized spacial score (nSPS) is 22.4. The number of benzene rings is 1. The highest BCUT2D eigenvalue weighted by atomic mass is 16.5. The zero-order valence-corrected chi connectivity index (χ0v) is 13.6. The van der Waals surface area contributed by atoms with E-state index in [9.17, 15) is 4.79 Å². The molecule has 3 aromatic rings. The van der Waals surface area contributed by atoms with Crippen LogP contribution in [0.4, 0.5) is 6.01 Å². The van der Waals surface area contributed by atoms with Crippen LogP contribution in [0.5, 0.6) is 0 Å². The second kappa shape index (κ2) is 5.70. The van der Waals surface area contributed by atoms with Crippen LogP contribution in [0.15, 0.2) is 39.5 Å². The van der Waals surface area contributed by atoms with Crippen LogP contribution in [0.25, 0.3) is 11.1 Å². The van der Waals surface area contributed by atoms with Gasteiger partial charge in [0.25, 0.3) is 11.6 Å². The molecule has 2 atom stereocenters. The molecule has 2 unspecified atom stereocenters. The fraction of sp³-hybridized carbons (Fsp3) is 0.389. The summed E-state index contributed by atoms with van der Waals surface area (Å²) < 4.78 is 12.9. The maximum absolute atomic E-state index is 12.5. The second-order valence-corrected chi connectivity index (χ2v) is 6.60. The van der Waals surface area contributed by atoms with E-state index in [4.69, 9.17) is 9.15 Å². The molecule has 5 rings (SSSR count). The molecule has 3 heterocycles. The number of hydrogen-bond donors (Lipinski definition) is 1. The Hall–Kier alpha value is -2.67. The summed E-state index contributed by atoms with van der Waals surface area (Å²) in [7, 11) is 0. The van der Waals surface area contributed by atoms with Gasteiger partial charge in [0, 0.05) is 6.07 Å². The zero-order valence-electron chi connectivity index (χ0n) is 13.6. The molecule has 1 aliphatic carbocycles. The van der Waals surface area contributed by atoms with Crippen molar-refractivity contribution >= 4 is 17.1 Å². The number of nitrogens with zero attached hydrogens (tertiary/aromatic N) is 3. The molecule has 1 aliphatic heterocycles. The van der Waals surface area contributed by atoms with E-state index in [-0.39, 0.29) is 17.6 Å². The van der Waals surface area contributed by atoms with Gasteiger partial charge < -0.3 is 14.5 Å². The summed E-state index contributed by atoms with van der Waals surface area (Å²) in [5.74, 6) is 0. The number of hydrogen-bond acceptors (Lipinski definition) is 6. The van der Waals surface area contributed by atoms with E-state index in [0.717, 1.165) is 41.6 Å². The van der Waals surface area contributed by atoms with Crippen LogP contribution >= 0.6 is 0 Å². The van der Waals surface area contributed by atoms with Gasteiger partial charge in [0.2, 0.25) is 0 Å². The predicted octanol–water partition coefficient (Wildman–Crippen LogP) is 1.93. The van der Waals surface area contributed by atoms with Crippen molar-refractivity contribution < 1.29 is 9.15 Å². The fourth-order valence-corrected chi connectivity index (χ4v) is 3.67. The molecule has 0 radical (unpaired) electrons. The number of oxazole rings is 1. The molecule has 2 aliphatic rings. The van der Waals surface area contributed by atoms with Gasteiger partial charge in [0.15, 0.2) is 5.58 Å². The molecule has 7 heteroatoms. The lowest BCUT2D eigenvalue weighted by Crippen LogP contribution is -2.37. The molecule has 1 fully saturated rings. The van der Waals surface area contributed by atoms with Crippen LogP contribution in [-0.4, -0.2) is 34.0 Å². The van der Waals surface area contributed by atoms with Gasteiger partial charge in [0.05, 0.1) is 24.9 Å². The average Bonchev–Trinajstić information content (AvgIpc) is 3.32. The van der Waals surface area contributed by atoms with E-state index < -0.39 is 0 Å². The summed E-state index contributed by atoms with van der Waals surface area (Å²) >= 11 is 0. The smallest absolute Gasteiger partial charge is 0.296 e. The van der Waals surface area contributed by atoms with Crippen molar-refractivity contribution in [2.75, 3.05) is 18.5 Å². The Labute approximate surface area is 143 Å². The number of aryl methyl sites for hydroxylation is 2. The van der Waals surface area contributed by atoms with Gasteiger partial charge in [-0.15, -0.1) is 0 Å². The minimum Gasteiger partial charge on any atom is -0.424 e. The van der Waals surface area contributed by atoms with Crippen molar-refractivity contribution in [2.45, 2.75) is 31.3 Å². The highest BCUT2D eigenvalue weighted by molar-refractivity contribution is 5.74. The molecule has 0 saturated carbocycles. The van der Waals surface area contributed by atoms with Crippen molar-refractivity contribution in [3.8, 4) is 0 Å². The van der Waals surface area contributed by atoms with Crippen molar-refractivity contribution in [1.29, 1.82) is 0 Å². The Morgan fingerprint density at radius 3 is 3.04 bits per heavy atom. The molecule has 1 N–H and O–H groups in total. The maximum Gasteiger partial charge on any atom is 0.296 e. The van der Waals surface area contributed by atoms with Crippen LogP contribution in [0.2, 0.25) is 0 Å². The van der Waals surface area contributed by atoms with Gasteiger partial charge in [-0.2, -0.15) is 10.1 Å². The summed E-state index contributed by atoms with van der Waals surface area (Å²) in [6.45, 7) is 0.929. The number of ether oxygens (including phenoxy) is 1. The van der Waals surface area contributed by atoms with E-state index in [1.807, 2.05) is 24.3 Å². The minimum atomic E-state index is -0.173. The lowest BCUT2D eigenvalue weighted by atomic mass is 10.1. The minimum absolute atomic E-state index is 0.0690. The quantitative estimate of drug-likeness (QED) is 0.786. The van der Waals surface area contributed by atoms with E-state index in [0.29, 0.717) is 19.2 Å². The zero-order chi connectivity index (χ0) is 16.8. The Morgan fingerprint density at radius 2 is 2.12 bits per heavy atom. The first-order chi connectivity index (χ1) is 12.3. The molecule has 1 saturated heterocycles. The first kappa shape index (κ1) is 14.7. The first-order valence-corrected chi connectivity index (χ1v) is 8.59. The van der Waals surface area contributed by atoms with Crippen molar-refractivity contribution in [3.63, 3.8) is 0 Å². The topological polar surface area (TPSA) is 82.2 Å². The molecule has 1 aromatic carbocycles. The molecular weight excluding hydrogens is 320 g/mol. The van der Waals surface area contributed by atoms with E-state index in [1.165, 1.54) is 0 Å². The lowest BCUT2D eigenvalue weighted by Gasteiger charge is -2.19. The number of aromatic nitrogens is 3. The monoisotopic (exact) mass is 338 g/mol. The Morgan fingerprint density at radius 1 is 1.20 bits per heavy atom. The van der Waals surface area contributed by atoms with E-state index in [2.05, 4.69) is 15.4 Å². The molecule has 0 bridgehead atoms. The van der Waals surface area contributed by atoms with Gasteiger partial charge in [-0.05, 0) is 37.0 Å². The molecule has 0 amide bonds. The van der Waals surface area contributed by atoms with Gasteiger partial charge in [0.1, 0.15) is 11.6 Å². The van der Waals surface area contributed by atoms with Crippen LogP contribution in [-0.2, 0) is 17.6 Å². The van der Waals surface area contributed by atoms with Gasteiger partial charge >= 0.3 is 0 Å². The third-order valence-electron chi connectivity index (χ3n) is 4.95. The van der Waals surface area contributed by atoms with Gasteiger partial charge in [-0.1, -0.05) is 12.1 Å². The van der Waals surface area contributed by atoms with Crippen LogP contribution in [0.3, 0.4) is 0 Å². The van der Waals surface area contributed by atoms with Gasteiger partial charge in [-0.25, -0.2) is 4.68 Å². The summed E-state index contributed by atoms with van der Waals surface area (Å²) in [5.41, 5.74) is 3.58. The van der Waals surface area contributed by atoms with Crippen LogP contribution in [0.1, 0.15) is 23.7 Å². The highest BCUT2D eigenvalue weighted by Gasteiger charge is 2.33.